The third-order valence-corrected chi connectivity index (χ3v) is 3.85. The number of amides is 1. The molecular weight excluding hydrogens is 208 g/mol. The van der Waals surface area contributed by atoms with Gasteiger partial charge in [0.15, 0.2) is 0 Å². The predicted octanol–water partition coefficient (Wildman–Crippen LogP) is 0.0153. The molecule has 1 N–H and O–H groups in total. The number of hydrogen-bond acceptors (Lipinski definition) is 3. The molecule has 0 aromatic carbocycles. The first-order chi connectivity index (χ1) is 7.66. The highest BCUT2D eigenvalue weighted by molar-refractivity contribution is 5.76. The minimum absolute atomic E-state index is 0.497. The molecule has 5 heteroatoms. The quantitative estimate of drug-likeness (QED) is 0.686. The number of carbonyl (C=O) groups excluding carboxylic acids is 1. The van der Waals surface area contributed by atoms with Crippen molar-refractivity contribution in [3.63, 3.8) is 0 Å². The molecular formula is C11H18N2O3. The molecule has 2 rings (SSSR count). The molecule has 1 saturated carbocycles. The summed E-state index contributed by atoms with van der Waals surface area (Å²) in [6.45, 7) is 3.69. The topological polar surface area (TPSA) is 60.9 Å². The summed E-state index contributed by atoms with van der Waals surface area (Å²) in [5.74, 6) is -0.656. The van der Waals surface area contributed by atoms with E-state index < -0.39 is 11.4 Å². The van der Waals surface area contributed by atoms with Crippen LogP contribution in [0.4, 0.5) is 0 Å². The van der Waals surface area contributed by atoms with Crippen LogP contribution in [0.15, 0.2) is 0 Å². The average Bonchev–Trinajstić information content (AvgIpc) is 2.24. The normalized spacial score (nSPS) is 24.9. The minimum Gasteiger partial charge on any atom is -0.481 e. The van der Waals surface area contributed by atoms with E-state index in [9.17, 15) is 14.7 Å². The summed E-state index contributed by atoms with van der Waals surface area (Å²) in [6, 6.07) is 0. The van der Waals surface area contributed by atoms with Crippen molar-refractivity contribution in [2.75, 3.05) is 32.7 Å². The molecule has 0 aromatic heterocycles. The van der Waals surface area contributed by atoms with Crippen molar-refractivity contribution in [2.45, 2.75) is 19.3 Å². The zero-order valence-electron chi connectivity index (χ0n) is 9.39. The van der Waals surface area contributed by atoms with Gasteiger partial charge in [0.25, 0.3) is 0 Å². The summed E-state index contributed by atoms with van der Waals surface area (Å²) in [5.41, 5.74) is -0.497. The highest BCUT2D eigenvalue weighted by Crippen LogP contribution is 2.41. The van der Waals surface area contributed by atoms with Gasteiger partial charge in [-0.3, -0.25) is 14.5 Å². The van der Waals surface area contributed by atoms with Gasteiger partial charge in [-0.25, -0.2) is 0 Å². The lowest BCUT2D eigenvalue weighted by atomic mass is 9.68. The van der Waals surface area contributed by atoms with Crippen LogP contribution < -0.4 is 0 Å². The molecule has 90 valence electrons. The van der Waals surface area contributed by atoms with Gasteiger partial charge >= 0.3 is 5.97 Å². The second kappa shape index (κ2) is 4.41. The van der Waals surface area contributed by atoms with Crippen molar-refractivity contribution in [2.24, 2.45) is 5.41 Å². The number of rotatable bonds is 4. The summed E-state index contributed by atoms with van der Waals surface area (Å²) in [7, 11) is 0. The molecule has 2 aliphatic rings. The second-order valence-corrected chi connectivity index (χ2v) is 4.86. The summed E-state index contributed by atoms with van der Waals surface area (Å²) in [6.07, 6.45) is 3.50. The van der Waals surface area contributed by atoms with Gasteiger partial charge in [-0.05, 0) is 12.8 Å². The Morgan fingerprint density at radius 1 is 1.25 bits per heavy atom. The molecule has 1 aliphatic heterocycles. The first-order valence-corrected chi connectivity index (χ1v) is 5.81. The van der Waals surface area contributed by atoms with E-state index in [1.165, 1.54) is 0 Å². The maximum absolute atomic E-state index is 11.2. The van der Waals surface area contributed by atoms with Crippen LogP contribution in [-0.4, -0.2) is 60.0 Å². The monoisotopic (exact) mass is 226 g/mol. The predicted molar refractivity (Wildman–Crippen MR) is 58.0 cm³/mol. The van der Waals surface area contributed by atoms with Gasteiger partial charge in [0, 0.05) is 32.7 Å². The van der Waals surface area contributed by atoms with E-state index in [1.807, 2.05) is 0 Å². The Bertz CT molecular complexity index is 281. The summed E-state index contributed by atoms with van der Waals surface area (Å²) < 4.78 is 0. The minimum atomic E-state index is -0.656. The molecule has 1 aliphatic carbocycles. The maximum Gasteiger partial charge on any atom is 0.310 e. The lowest BCUT2D eigenvalue weighted by molar-refractivity contribution is -0.156. The number of carboxylic acids is 1. The number of nitrogens with zero attached hydrogens (tertiary/aromatic N) is 2. The summed E-state index contributed by atoms with van der Waals surface area (Å²) in [5, 5.41) is 9.22. The number of piperazine rings is 1. The Labute approximate surface area is 95.0 Å². The fourth-order valence-corrected chi connectivity index (χ4v) is 2.50. The van der Waals surface area contributed by atoms with Crippen molar-refractivity contribution in [3.05, 3.63) is 0 Å². The first-order valence-electron chi connectivity index (χ1n) is 5.81. The number of carbonyl (C=O) groups is 2. The zero-order chi connectivity index (χ0) is 11.6. The van der Waals surface area contributed by atoms with Crippen LogP contribution in [0.3, 0.4) is 0 Å². The van der Waals surface area contributed by atoms with Gasteiger partial charge in [0.05, 0.1) is 5.41 Å². The highest BCUT2D eigenvalue weighted by Gasteiger charge is 2.45. The van der Waals surface area contributed by atoms with Crippen LogP contribution in [0.1, 0.15) is 19.3 Å². The Morgan fingerprint density at radius 2 is 1.88 bits per heavy atom. The molecule has 2 fully saturated rings. The standard InChI is InChI=1S/C11H18N2O3/c14-9-13-6-4-12(5-7-13)8-11(10(15)16)2-1-3-11/h9H,1-8H2,(H,15,16). The molecule has 0 atom stereocenters. The van der Waals surface area contributed by atoms with Gasteiger partial charge in [-0.2, -0.15) is 0 Å². The summed E-state index contributed by atoms with van der Waals surface area (Å²) >= 11 is 0. The second-order valence-electron chi connectivity index (χ2n) is 4.86. The lowest BCUT2D eigenvalue weighted by Crippen LogP contribution is -2.53. The van der Waals surface area contributed by atoms with Gasteiger partial charge in [-0.15, -0.1) is 0 Å². The molecule has 0 bridgehead atoms. The van der Waals surface area contributed by atoms with Crippen molar-refractivity contribution in [3.8, 4) is 0 Å². The van der Waals surface area contributed by atoms with E-state index in [-0.39, 0.29) is 0 Å². The van der Waals surface area contributed by atoms with Crippen LogP contribution >= 0.6 is 0 Å². The van der Waals surface area contributed by atoms with Crippen molar-refractivity contribution in [1.29, 1.82) is 0 Å². The molecule has 0 spiro atoms. The molecule has 0 unspecified atom stereocenters. The van der Waals surface area contributed by atoms with E-state index in [2.05, 4.69) is 4.90 Å². The van der Waals surface area contributed by atoms with Gasteiger partial charge in [0.1, 0.15) is 0 Å². The van der Waals surface area contributed by atoms with Crippen molar-refractivity contribution >= 4 is 12.4 Å². The Hall–Kier alpha value is -1.10. The Kier molecular flexibility index (Phi) is 3.14. The van der Waals surface area contributed by atoms with E-state index in [4.69, 9.17) is 0 Å². The maximum atomic E-state index is 11.2. The van der Waals surface area contributed by atoms with Crippen LogP contribution in [0.25, 0.3) is 0 Å². The SMILES string of the molecule is O=CN1CCN(CC2(C(=O)O)CCC2)CC1. The van der Waals surface area contributed by atoms with Crippen molar-refractivity contribution in [1.82, 2.24) is 9.80 Å². The fraction of sp³-hybridized carbons (Fsp3) is 0.818. The number of aliphatic carboxylic acids is 1. The first kappa shape index (κ1) is 11.4. The highest BCUT2D eigenvalue weighted by atomic mass is 16.4. The molecule has 0 aromatic rings. The third-order valence-electron chi connectivity index (χ3n) is 3.85. The Morgan fingerprint density at radius 3 is 2.25 bits per heavy atom. The van der Waals surface area contributed by atoms with E-state index in [1.54, 1.807) is 4.90 Å². The fourth-order valence-electron chi connectivity index (χ4n) is 2.50. The van der Waals surface area contributed by atoms with E-state index >= 15 is 0 Å². The zero-order valence-corrected chi connectivity index (χ0v) is 9.39. The van der Waals surface area contributed by atoms with E-state index in [0.29, 0.717) is 6.54 Å². The molecule has 0 radical (unpaired) electrons. The van der Waals surface area contributed by atoms with Crippen LogP contribution in [-0.2, 0) is 9.59 Å². The van der Waals surface area contributed by atoms with Crippen LogP contribution in [0.2, 0.25) is 0 Å². The van der Waals surface area contributed by atoms with Gasteiger partial charge in [0.2, 0.25) is 6.41 Å². The van der Waals surface area contributed by atoms with Crippen LogP contribution in [0, 0.1) is 5.41 Å². The van der Waals surface area contributed by atoms with Gasteiger partial charge < -0.3 is 10.0 Å². The van der Waals surface area contributed by atoms with Gasteiger partial charge in [-0.1, -0.05) is 6.42 Å². The molecule has 16 heavy (non-hydrogen) atoms. The lowest BCUT2D eigenvalue weighted by Gasteiger charge is -2.43. The largest absolute Gasteiger partial charge is 0.481 e. The molecule has 1 amide bonds. The van der Waals surface area contributed by atoms with Crippen LogP contribution in [0.5, 0.6) is 0 Å². The molecule has 5 nitrogen and oxygen atoms in total. The third kappa shape index (κ3) is 2.04. The average molecular weight is 226 g/mol. The smallest absolute Gasteiger partial charge is 0.310 e. The number of hydrogen-bond donors (Lipinski definition) is 1. The molecule has 1 saturated heterocycles. The Balaban J connectivity index is 1.86. The van der Waals surface area contributed by atoms with Crippen molar-refractivity contribution < 1.29 is 14.7 Å². The number of carboxylic acid groups (broad SMARTS) is 1. The van der Waals surface area contributed by atoms with E-state index in [0.717, 1.165) is 51.9 Å². The summed E-state index contributed by atoms with van der Waals surface area (Å²) in [4.78, 5) is 25.7. The molecule has 1 heterocycles.